The zero-order valence-electron chi connectivity index (χ0n) is 16.2. The van der Waals surface area contributed by atoms with E-state index < -0.39 is 58.0 Å². The molecular formula is C22H12F6O5. The predicted octanol–water partition coefficient (Wildman–Crippen LogP) is 6.58. The lowest BCUT2D eigenvalue weighted by molar-refractivity contribution is -0.139. The van der Waals surface area contributed by atoms with Crippen molar-refractivity contribution in [3.63, 3.8) is 0 Å². The van der Waals surface area contributed by atoms with E-state index in [1.165, 1.54) is 24.3 Å². The highest BCUT2D eigenvalue weighted by molar-refractivity contribution is 6.03. The molecule has 5 nitrogen and oxygen atoms in total. The van der Waals surface area contributed by atoms with Gasteiger partial charge >= 0.3 is 24.3 Å². The fraction of sp³-hybridized carbons (Fsp3) is 0.0909. The summed E-state index contributed by atoms with van der Waals surface area (Å²) >= 11 is 0. The van der Waals surface area contributed by atoms with Crippen LogP contribution in [-0.2, 0) is 12.4 Å². The van der Waals surface area contributed by atoms with Gasteiger partial charge in [0.1, 0.15) is 22.6 Å². The lowest BCUT2D eigenvalue weighted by Crippen LogP contribution is -2.19. The molecular weight excluding hydrogens is 458 g/mol. The molecule has 172 valence electrons. The maximum Gasteiger partial charge on any atom is 0.420 e. The highest BCUT2D eigenvalue weighted by Gasteiger charge is 2.43. The van der Waals surface area contributed by atoms with Crippen molar-refractivity contribution < 1.29 is 50.9 Å². The van der Waals surface area contributed by atoms with Crippen molar-refractivity contribution in [2.45, 2.75) is 12.4 Å². The fourth-order valence-corrected chi connectivity index (χ4v) is 3.24. The molecule has 0 aliphatic rings. The minimum absolute atomic E-state index is 0.110. The van der Waals surface area contributed by atoms with E-state index in [1.54, 1.807) is 6.07 Å². The predicted molar refractivity (Wildman–Crippen MR) is 102 cm³/mol. The number of carbonyl (C=O) groups is 2. The summed E-state index contributed by atoms with van der Waals surface area (Å²) in [6, 6.07) is 11.2. The quantitative estimate of drug-likeness (QED) is 0.412. The monoisotopic (exact) mass is 470 g/mol. The number of carboxylic acids is 2. The van der Waals surface area contributed by atoms with Gasteiger partial charge in [-0.2, -0.15) is 26.3 Å². The molecule has 0 atom stereocenters. The number of hydrogen-bond acceptors (Lipinski definition) is 3. The second-order valence-corrected chi connectivity index (χ2v) is 6.61. The van der Waals surface area contributed by atoms with Gasteiger partial charge in [0.2, 0.25) is 0 Å². The largest absolute Gasteiger partial charge is 0.478 e. The normalized spacial score (nSPS) is 11.8. The lowest BCUT2D eigenvalue weighted by atomic mass is 9.97. The number of rotatable bonds is 5. The Labute approximate surface area is 181 Å². The van der Waals surface area contributed by atoms with Crippen LogP contribution in [0.5, 0.6) is 11.5 Å². The summed E-state index contributed by atoms with van der Waals surface area (Å²) in [7, 11) is 0. The van der Waals surface area contributed by atoms with Gasteiger partial charge in [-0.05, 0) is 29.3 Å². The van der Waals surface area contributed by atoms with E-state index >= 15 is 0 Å². The SMILES string of the molecule is O=C(O)c1ccc(Oc2cccc(-c3ccccc3)c2C(F)(F)F)c(C(F)(F)F)c1C(=O)O. The first-order chi connectivity index (χ1) is 15.3. The van der Waals surface area contributed by atoms with Crippen molar-refractivity contribution in [1.82, 2.24) is 0 Å². The van der Waals surface area contributed by atoms with Crippen LogP contribution in [0.4, 0.5) is 26.3 Å². The summed E-state index contributed by atoms with van der Waals surface area (Å²) in [5, 5.41) is 18.3. The minimum atomic E-state index is -5.45. The van der Waals surface area contributed by atoms with Gasteiger partial charge < -0.3 is 14.9 Å². The van der Waals surface area contributed by atoms with E-state index in [1.807, 2.05) is 0 Å². The number of ether oxygens (including phenoxy) is 1. The molecule has 0 bridgehead atoms. The Morgan fingerprint density at radius 1 is 0.667 bits per heavy atom. The molecule has 0 aliphatic carbocycles. The molecule has 33 heavy (non-hydrogen) atoms. The fourth-order valence-electron chi connectivity index (χ4n) is 3.24. The molecule has 0 aliphatic heterocycles. The molecule has 0 amide bonds. The van der Waals surface area contributed by atoms with Crippen LogP contribution < -0.4 is 4.74 Å². The summed E-state index contributed by atoms with van der Waals surface area (Å²) in [5.74, 6) is -6.51. The zero-order valence-corrected chi connectivity index (χ0v) is 16.2. The van der Waals surface area contributed by atoms with E-state index in [0.29, 0.717) is 12.1 Å². The Kier molecular flexibility index (Phi) is 6.08. The molecule has 0 heterocycles. The maximum atomic E-state index is 13.9. The van der Waals surface area contributed by atoms with Crippen molar-refractivity contribution in [2.75, 3.05) is 0 Å². The smallest absolute Gasteiger partial charge is 0.420 e. The number of alkyl halides is 6. The maximum absolute atomic E-state index is 13.9. The van der Waals surface area contributed by atoms with Crippen molar-refractivity contribution >= 4 is 11.9 Å². The Morgan fingerprint density at radius 2 is 1.24 bits per heavy atom. The van der Waals surface area contributed by atoms with Crippen molar-refractivity contribution in [3.8, 4) is 22.6 Å². The molecule has 3 rings (SSSR count). The molecule has 3 aromatic rings. The van der Waals surface area contributed by atoms with Gasteiger partial charge in [-0.25, -0.2) is 9.59 Å². The number of benzene rings is 3. The van der Waals surface area contributed by atoms with Gasteiger partial charge in [0, 0.05) is 0 Å². The van der Waals surface area contributed by atoms with Gasteiger partial charge in [-0.1, -0.05) is 42.5 Å². The van der Waals surface area contributed by atoms with Crippen LogP contribution in [0.3, 0.4) is 0 Å². The topological polar surface area (TPSA) is 83.8 Å². The number of hydrogen-bond donors (Lipinski definition) is 2. The van der Waals surface area contributed by atoms with Crippen LogP contribution in [-0.4, -0.2) is 22.2 Å². The van der Waals surface area contributed by atoms with Crippen LogP contribution >= 0.6 is 0 Å². The Hall–Kier alpha value is -4.02. The third-order valence-electron chi connectivity index (χ3n) is 4.51. The van der Waals surface area contributed by atoms with Crippen LogP contribution in [0.2, 0.25) is 0 Å². The third-order valence-corrected chi connectivity index (χ3v) is 4.51. The minimum Gasteiger partial charge on any atom is -0.478 e. The van der Waals surface area contributed by atoms with E-state index in [2.05, 4.69) is 0 Å². The summed E-state index contributed by atoms with van der Waals surface area (Å²) in [5.41, 5.74) is -6.53. The van der Waals surface area contributed by atoms with Crippen LogP contribution in [0.1, 0.15) is 31.8 Å². The molecule has 0 saturated heterocycles. The van der Waals surface area contributed by atoms with Gasteiger partial charge in [0.05, 0.1) is 11.1 Å². The molecule has 11 heteroatoms. The molecule has 0 unspecified atom stereocenters. The number of carboxylic acid groups (broad SMARTS) is 2. The first-order valence-electron chi connectivity index (χ1n) is 8.96. The first kappa shape index (κ1) is 23.6. The van der Waals surface area contributed by atoms with Gasteiger partial charge in [0.25, 0.3) is 0 Å². The average Bonchev–Trinajstić information content (AvgIpc) is 2.72. The molecule has 0 fully saturated rings. The third kappa shape index (κ3) is 4.76. The molecule has 2 N–H and O–H groups in total. The molecule has 0 aromatic heterocycles. The summed E-state index contributed by atoms with van der Waals surface area (Å²) in [6.45, 7) is 0. The molecule has 0 saturated carbocycles. The standard InChI is InChI=1S/C22H12F6O5/c23-21(24,25)17-12(11-5-2-1-3-6-11)7-4-8-14(17)33-15-10-9-13(19(29)30)16(20(31)32)18(15)22(26,27)28/h1-10H,(H,29,30)(H,31,32). The summed E-state index contributed by atoms with van der Waals surface area (Å²) < 4.78 is 88.0. The second-order valence-electron chi connectivity index (χ2n) is 6.61. The van der Waals surface area contributed by atoms with Crippen LogP contribution in [0.25, 0.3) is 11.1 Å². The number of halogens is 6. The summed E-state index contributed by atoms with van der Waals surface area (Å²) in [6.07, 6.45) is -10.5. The van der Waals surface area contributed by atoms with Gasteiger partial charge in [-0.15, -0.1) is 0 Å². The van der Waals surface area contributed by atoms with E-state index in [9.17, 15) is 41.0 Å². The van der Waals surface area contributed by atoms with Crippen LogP contribution in [0.15, 0.2) is 60.7 Å². The zero-order chi connectivity index (χ0) is 24.6. The Morgan fingerprint density at radius 3 is 1.76 bits per heavy atom. The van der Waals surface area contributed by atoms with E-state index in [4.69, 9.17) is 9.84 Å². The lowest BCUT2D eigenvalue weighted by Gasteiger charge is -2.21. The van der Waals surface area contributed by atoms with Crippen molar-refractivity contribution in [1.29, 1.82) is 0 Å². The van der Waals surface area contributed by atoms with Gasteiger partial charge in [-0.3, -0.25) is 0 Å². The first-order valence-corrected chi connectivity index (χ1v) is 8.96. The average molecular weight is 470 g/mol. The Balaban J connectivity index is 2.29. The molecule has 0 radical (unpaired) electrons. The van der Waals surface area contributed by atoms with Crippen LogP contribution in [0, 0.1) is 0 Å². The summed E-state index contributed by atoms with van der Waals surface area (Å²) in [4.78, 5) is 22.7. The van der Waals surface area contributed by atoms with E-state index in [0.717, 1.165) is 18.2 Å². The van der Waals surface area contributed by atoms with Gasteiger partial charge in [0.15, 0.2) is 0 Å². The van der Waals surface area contributed by atoms with E-state index in [-0.39, 0.29) is 11.1 Å². The highest BCUT2D eigenvalue weighted by atomic mass is 19.4. The molecule has 3 aromatic carbocycles. The Bertz CT molecular complexity index is 1220. The number of aromatic carboxylic acids is 2. The molecule has 0 spiro atoms. The van der Waals surface area contributed by atoms with Crippen molar-refractivity contribution in [2.24, 2.45) is 0 Å². The second kappa shape index (κ2) is 8.49. The van der Waals surface area contributed by atoms with Crippen molar-refractivity contribution in [3.05, 3.63) is 82.9 Å². The highest BCUT2D eigenvalue weighted by Crippen LogP contribution is 2.47.